The van der Waals surface area contributed by atoms with Crippen molar-refractivity contribution in [2.45, 2.75) is 24.7 Å². The lowest BCUT2D eigenvalue weighted by Gasteiger charge is -2.31. The molecule has 1 aliphatic rings. The molecule has 2 aromatic carbocycles. The van der Waals surface area contributed by atoms with E-state index >= 15 is 0 Å². The molecule has 1 aliphatic heterocycles. The van der Waals surface area contributed by atoms with Crippen LogP contribution in [-0.4, -0.2) is 43.2 Å². The van der Waals surface area contributed by atoms with Gasteiger partial charge in [0.15, 0.2) is 5.13 Å². The maximum atomic E-state index is 12.9. The highest BCUT2D eigenvalue weighted by Gasteiger charge is 2.28. The molecule has 2 heterocycles. The van der Waals surface area contributed by atoms with Crippen LogP contribution < -0.4 is 10.0 Å². The molecule has 10 heteroatoms. The van der Waals surface area contributed by atoms with Gasteiger partial charge in [0.1, 0.15) is 0 Å². The summed E-state index contributed by atoms with van der Waals surface area (Å²) in [5.41, 5.74) is 1.72. The van der Waals surface area contributed by atoms with E-state index in [0.717, 1.165) is 5.69 Å². The van der Waals surface area contributed by atoms with Gasteiger partial charge in [-0.2, -0.15) is 0 Å². The lowest BCUT2D eigenvalue weighted by Crippen LogP contribution is -2.41. The third kappa shape index (κ3) is 5.58. The monoisotopic (exact) mass is 484 g/mol. The molecule has 3 aromatic rings. The van der Waals surface area contributed by atoms with Gasteiger partial charge in [-0.1, -0.05) is 18.2 Å². The number of hydrogen-bond acceptors (Lipinski definition) is 6. The number of hydrogen-bond donors (Lipinski definition) is 2. The van der Waals surface area contributed by atoms with Gasteiger partial charge in [0, 0.05) is 35.6 Å². The van der Waals surface area contributed by atoms with Crippen LogP contribution in [0.3, 0.4) is 0 Å². The molecule has 0 saturated carbocycles. The first-order chi connectivity index (χ1) is 15.8. The van der Waals surface area contributed by atoms with Crippen molar-refractivity contribution >= 4 is 44.0 Å². The number of aryl methyl sites for hydroxylation is 1. The molecule has 33 heavy (non-hydrogen) atoms. The van der Waals surface area contributed by atoms with Crippen molar-refractivity contribution in [1.82, 2.24) is 9.88 Å². The molecule has 8 nitrogen and oxygen atoms in total. The molecule has 0 bridgehead atoms. The van der Waals surface area contributed by atoms with Crippen LogP contribution in [0.25, 0.3) is 0 Å². The van der Waals surface area contributed by atoms with Crippen LogP contribution in [0.1, 0.15) is 28.9 Å². The van der Waals surface area contributed by atoms with Crippen LogP contribution in [-0.2, 0) is 14.8 Å². The van der Waals surface area contributed by atoms with Gasteiger partial charge in [-0.15, -0.1) is 11.3 Å². The number of carbonyl (C=O) groups is 2. The van der Waals surface area contributed by atoms with Gasteiger partial charge in [0.05, 0.1) is 10.6 Å². The number of benzene rings is 2. The molecule has 4 rings (SSSR count). The molecular formula is C23H24N4O4S2. The minimum absolute atomic E-state index is 0.0634. The SMILES string of the molecule is Cc1csc(NC(=O)C2CCN(C(=O)c3ccc(NS(=O)(=O)c4ccccc4)cc3)CC2)n1. The predicted molar refractivity (Wildman–Crippen MR) is 128 cm³/mol. The first kappa shape index (κ1) is 22.9. The summed E-state index contributed by atoms with van der Waals surface area (Å²) in [5.74, 6) is -0.360. The Kier molecular flexibility index (Phi) is 6.75. The van der Waals surface area contributed by atoms with E-state index in [2.05, 4.69) is 15.0 Å². The minimum atomic E-state index is -3.69. The van der Waals surface area contributed by atoms with Crippen molar-refractivity contribution in [3.8, 4) is 0 Å². The maximum Gasteiger partial charge on any atom is 0.261 e. The summed E-state index contributed by atoms with van der Waals surface area (Å²) >= 11 is 1.40. The van der Waals surface area contributed by atoms with E-state index in [1.807, 2.05) is 12.3 Å². The van der Waals surface area contributed by atoms with E-state index in [9.17, 15) is 18.0 Å². The lowest BCUT2D eigenvalue weighted by molar-refractivity contribution is -0.121. The fourth-order valence-corrected chi connectivity index (χ4v) is 5.41. The largest absolute Gasteiger partial charge is 0.339 e. The summed E-state index contributed by atoms with van der Waals surface area (Å²) in [7, 11) is -3.69. The second-order valence-corrected chi connectivity index (χ2v) is 10.4. The maximum absolute atomic E-state index is 12.9. The zero-order chi connectivity index (χ0) is 23.4. The number of piperidine rings is 1. The fraction of sp³-hybridized carbons (Fsp3) is 0.261. The number of sulfonamides is 1. The van der Waals surface area contributed by atoms with Gasteiger partial charge in [-0.05, 0) is 56.2 Å². The van der Waals surface area contributed by atoms with E-state index in [1.165, 1.54) is 23.5 Å². The van der Waals surface area contributed by atoms with Crippen molar-refractivity contribution in [1.29, 1.82) is 0 Å². The Bertz CT molecular complexity index is 1230. The average Bonchev–Trinajstić information content (AvgIpc) is 3.24. The van der Waals surface area contributed by atoms with Crippen LogP contribution in [0.4, 0.5) is 10.8 Å². The van der Waals surface area contributed by atoms with Gasteiger partial charge in [0.25, 0.3) is 15.9 Å². The summed E-state index contributed by atoms with van der Waals surface area (Å²) in [5, 5.41) is 5.33. The topological polar surface area (TPSA) is 108 Å². The lowest BCUT2D eigenvalue weighted by atomic mass is 9.95. The molecule has 0 spiro atoms. The second kappa shape index (κ2) is 9.72. The molecular weight excluding hydrogens is 460 g/mol. The van der Waals surface area contributed by atoms with Gasteiger partial charge in [0.2, 0.25) is 5.91 Å². The van der Waals surface area contributed by atoms with Gasteiger partial charge >= 0.3 is 0 Å². The highest BCUT2D eigenvalue weighted by Crippen LogP contribution is 2.23. The Morgan fingerprint density at radius 3 is 2.30 bits per heavy atom. The second-order valence-electron chi connectivity index (χ2n) is 7.85. The zero-order valence-corrected chi connectivity index (χ0v) is 19.7. The smallest absolute Gasteiger partial charge is 0.261 e. The van der Waals surface area contributed by atoms with Crippen molar-refractivity contribution in [2.24, 2.45) is 5.92 Å². The molecule has 2 amide bonds. The van der Waals surface area contributed by atoms with Gasteiger partial charge in [-0.3, -0.25) is 14.3 Å². The average molecular weight is 485 g/mol. The number of nitrogens with one attached hydrogen (secondary N) is 2. The standard InChI is InChI=1S/C23H24N4O4S2/c1-16-15-32-23(24-16)25-21(28)17-11-13-27(14-12-17)22(29)18-7-9-19(10-8-18)26-33(30,31)20-5-3-2-4-6-20/h2-10,15,17,26H,11-14H2,1H3,(H,24,25,28). The highest BCUT2D eigenvalue weighted by atomic mass is 32.2. The predicted octanol–water partition coefficient (Wildman–Crippen LogP) is 3.74. The van der Waals surface area contributed by atoms with Crippen molar-refractivity contribution < 1.29 is 18.0 Å². The van der Waals surface area contributed by atoms with Crippen LogP contribution in [0.2, 0.25) is 0 Å². The number of nitrogens with zero attached hydrogens (tertiary/aromatic N) is 2. The first-order valence-corrected chi connectivity index (χ1v) is 12.9. The number of likely N-dealkylation sites (tertiary alicyclic amines) is 1. The van der Waals surface area contributed by atoms with Crippen LogP contribution in [0.5, 0.6) is 0 Å². The van der Waals surface area contributed by atoms with Crippen molar-refractivity contribution in [2.75, 3.05) is 23.1 Å². The van der Waals surface area contributed by atoms with E-state index < -0.39 is 10.0 Å². The first-order valence-electron chi connectivity index (χ1n) is 10.5. The number of aromatic nitrogens is 1. The van der Waals surface area contributed by atoms with E-state index in [1.54, 1.807) is 47.4 Å². The Hall–Kier alpha value is -3.24. The highest BCUT2D eigenvalue weighted by molar-refractivity contribution is 7.92. The molecule has 0 aliphatic carbocycles. The Morgan fingerprint density at radius 1 is 1.03 bits per heavy atom. The number of amides is 2. The van der Waals surface area contributed by atoms with Gasteiger partial charge < -0.3 is 10.2 Å². The number of anilines is 2. The number of rotatable bonds is 6. The van der Waals surface area contributed by atoms with Crippen molar-refractivity contribution in [3.63, 3.8) is 0 Å². The van der Waals surface area contributed by atoms with Crippen molar-refractivity contribution in [3.05, 3.63) is 71.2 Å². The molecule has 1 fully saturated rings. The van der Waals surface area contributed by atoms with E-state index in [4.69, 9.17) is 0 Å². The summed E-state index contributed by atoms with van der Waals surface area (Å²) in [6.45, 7) is 2.84. The Morgan fingerprint density at radius 2 is 1.70 bits per heavy atom. The molecule has 1 aromatic heterocycles. The normalized spacial score (nSPS) is 14.6. The third-order valence-corrected chi connectivity index (χ3v) is 7.71. The van der Waals surface area contributed by atoms with E-state index in [0.29, 0.717) is 42.3 Å². The number of thiazole rings is 1. The van der Waals surface area contributed by atoms with E-state index in [-0.39, 0.29) is 22.6 Å². The third-order valence-electron chi connectivity index (χ3n) is 5.44. The Labute approximate surface area is 196 Å². The summed E-state index contributed by atoms with van der Waals surface area (Å²) in [6.07, 6.45) is 1.16. The molecule has 0 atom stereocenters. The molecule has 2 N–H and O–H groups in total. The van der Waals surface area contributed by atoms with Crippen LogP contribution >= 0.6 is 11.3 Å². The summed E-state index contributed by atoms with van der Waals surface area (Å²) in [6, 6.07) is 14.4. The fourth-order valence-electron chi connectivity index (χ4n) is 3.64. The van der Waals surface area contributed by atoms with Crippen LogP contribution in [0, 0.1) is 12.8 Å². The van der Waals surface area contributed by atoms with Gasteiger partial charge in [-0.25, -0.2) is 13.4 Å². The molecule has 172 valence electrons. The number of carbonyl (C=O) groups excluding carboxylic acids is 2. The molecule has 0 unspecified atom stereocenters. The molecule has 1 saturated heterocycles. The van der Waals surface area contributed by atoms with Crippen LogP contribution in [0.15, 0.2) is 64.9 Å². The summed E-state index contributed by atoms with van der Waals surface area (Å²) < 4.78 is 27.4. The minimum Gasteiger partial charge on any atom is -0.339 e. The Balaban J connectivity index is 1.32. The zero-order valence-electron chi connectivity index (χ0n) is 18.0. The summed E-state index contributed by atoms with van der Waals surface area (Å²) in [4.78, 5) is 31.5. The quantitative estimate of drug-likeness (QED) is 0.554. The molecule has 0 radical (unpaired) electrons.